The molecule has 0 fully saturated rings. The van der Waals surface area contributed by atoms with E-state index in [0.717, 1.165) is 11.9 Å². The molecule has 0 radical (unpaired) electrons. The third kappa shape index (κ3) is 3.72. The van der Waals surface area contributed by atoms with Gasteiger partial charge in [0, 0.05) is 5.69 Å². The Morgan fingerprint density at radius 2 is 1.83 bits per heavy atom. The lowest BCUT2D eigenvalue weighted by molar-refractivity contribution is -0.383. The number of nitrogens with one attached hydrogen (secondary N) is 1. The summed E-state index contributed by atoms with van der Waals surface area (Å²) in [4.78, 5) is 19.9. The SMILES string of the molecule is Cc1ccc(Nc2ncnc(N(CC#N)CC#N)c2[N+](=O)[O-])cc1. The van der Waals surface area contributed by atoms with Gasteiger partial charge in [0.2, 0.25) is 11.6 Å². The number of benzene rings is 1. The molecule has 0 spiro atoms. The lowest BCUT2D eigenvalue weighted by Crippen LogP contribution is -2.26. The van der Waals surface area contributed by atoms with E-state index in [0.29, 0.717) is 5.69 Å². The molecule has 120 valence electrons. The van der Waals surface area contributed by atoms with Gasteiger partial charge in [-0.1, -0.05) is 17.7 Å². The van der Waals surface area contributed by atoms with E-state index in [4.69, 9.17) is 10.5 Å². The Labute approximate surface area is 138 Å². The van der Waals surface area contributed by atoms with Crippen molar-refractivity contribution >= 4 is 23.0 Å². The maximum Gasteiger partial charge on any atom is 0.353 e. The maximum atomic E-state index is 11.5. The van der Waals surface area contributed by atoms with Crippen molar-refractivity contribution in [1.29, 1.82) is 10.5 Å². The van der Waals surface area contributed by atoms with Crippen molar-refractivity contribution in [3.05, 3.63) is 46.3 Å². The average Bonchev–Trinajstić information content (AvgIpc) is 2.56. The van der Waals surface area contributed by atoms with Crippen LogP contribution in [-0.4, -0.2) is 28.0 Å². The number of anilines is 3. The van der Waals surface area contributed by atoms with Crippen LogP contribution in [0.4, 0.5) is 23.0 Å². The lowest BCUT2D eigenvalue weighted by Gasteiger charge is -2.17. The first-order valence-corrected chi connectivity index (χ1v) is 6.88. The molecule has 0 aliphatic rings. The number of nitro groups is 1. The second kappa shape index (κ2) is 7.51. The summed E-state index contributed by atoms with van der Waals surface area (Å²) in [6, 6.07) is 11.0. The highest BCUT2D eigenvalue weighted by atomic mass is 16.6. The van der Waals surface area contributed by atoms with Crippen LogP contribution >= 0.6 is 0 Å². The first-order chi connectivity index (χ1) is 11.6. The van der Waals surface area contributed by atoms with Gasteiger partial charge in [0.15, 0.2) is 0 Å². The number of hydrogen-bond acceptors (Lipinski definition) is 8. The Balaban J connectivity index is 2.47. The van der Waals surface area contributed by atoms with Gasteiger partial charge in [0.05, 0.1) is 17.1 Å². The molecule has 2 aromatic rings. The number of nitrogens with zero attached hydrogens (tertiary/aromatic N) is 6. The number of aromatic nitrogens is 2. The summed E-state index contributed by atoms with van der Waals surface area (Å²) < 4.78 is 0. The molecule has 0 saturated carbocycles. The molecule has 0 bridgehead atoms. The second-order valence-corrected chi connectivity index (χ2v) is 4.81. The fraction of sp³-hybridized carbons (Fsp3) is 0.200. The van der Waals surface area contributed by atoms with Crippen molar-refractivity contribution in [3.8, 4) is 12.1 Å². The smallest absolute Gasteiger partial charge is 0.334 e. The highest BCUT2D eigenvalue weighted by Crippen LogP contribution is 2.33. The molecule has 9 nitrogen and oxygen atoms in total. The second-order valence-electron chi connectivity index (χ2n) is 4.81. The number of nitriles is 2. The van der Waals surface area contributed by atoms with Crippen LogP contribution in [0.3, 0.4) is 0 Å². The highest BCUT2D eigenvalue weighted by molar-refractivity contribution is 5.74. The molecule has 1 heterocycles. The van der Waals surface area contributed by atoms with Crippen LogP contribution in [-0.2, 0) is 0 Å². The van der Waals surface area contributed by atoms with Crippen molar-refractivity contribution in [2.24, 2.45) is 0 Å². The number of aryl methyl sites for hydroxylation is 1. The zero-order valence-electron chi connectivity index (χ0n) is 12.8. The normalized spacial score (nSPS) is 9.62. The van der Waals surface area contributed by atoms with E-state index in [1.807, 2.05) is 31.2 Å². The van der Waals surface area contributed by atoms with Crippen molar-refractivity contribution in [3.63, 3.8) is 0 Å². The minimum atomic E-state index is -0.631. The van der Waals surface area contributed by atoms with Crippen LogP contribution in [0, 0.1) is 39.7 Å². The zero-order chi connectivity index (χ0) is 17.5. The predicted molar refractivity (Wildman–Crippen MR) is 86.6 cm³/mol. The molecule has 0 saturated heterocycles. The molecule has 0 unspecified atom stereocenters. The minimum Gasteiger partial charge on any atom is -0.334 e. The van der Waals surface area contributed by atoms with Gasteiger partial charge >= 0.3 is 5.69 Å². The third-order valence-corrected chi connectivity index (χ3v) is 3.12. The molecular formula is C15H13N7O2. The van der Waals surface area contributed by atoms with E-state index < -0.39 is 4.92 Å². The molecular weight excluding hydrogens is 310 g/mol. The molecule has 24 heavy (non-hydrogen) atoms. The molecule has 2 rings (SSSR count). The largest absolute Gasteiger partial charge is 0.353 e. The summed E-state index contributed by atoms with van der Waals surface area (Å²) in [5, 5.41) is 32.1. The van der Waals surface area contributed by atoms with Crippen LogP contribution in [0.5, 0.6) is 0 Å². The van der Waals surface area contributed by atoms with E-state index in [-0.39, 0.29) is 30.4 Å². The number of hydrogen-bond donors (Lipinski definition) is 1. The van der Waals surface area contributed by atoms with Crippen molar-refractivity contribution in [1.82, 2.24) is 9.97 Å². The summed E-state index contributed by atoms with van der Waals surface area (Å²) in [6.45, 7) is 1.53. The van der Waals surface area contributed by atoms with Gasteiger partial charge in [-0.25, -0.2) is 9.97 Å². The van der Waals surface area contributed by atoms with Crippen LogP contribution in [0.15, 0.2) is 30.6 Å². The number of rotatable bonds is 6. The maximum absolute atomic E-state index is 11.5. The molecule has 0 atom stereocenters. The van der Waals surface area contributed by atoms with Gasteiger partial charge < -0.3 is 10.2 Å². The topological polar surface area (TPSA) is 132 Å². The van der Waals surface area contributed by atoms with E-state index in [9.17, 15) is 10.1 Å². The first-order valence-electron chi connectivity index (χ1n) is 6.88. The van der Waals surface area contributed by atoms with E-state index in [1.54, 1.807) is 12.1 Å². The summed E-state index contributed by atoms with van der Waals surface area (Å²) in [5.74, 6) is -0.0811. The summed E-state index contributed by atoms with van der Waals surface area (Å²) in [7, 11) is 0. The van der Waals surface area contributed by atoms with Gasteiger partial charge in [-0.2, -0.15) is 10.5 Å². The van der Waals surface area contributed by atoms with Gasteiger partial charge in [-0.15, -0.1) is 0 Å². The molecule has 1 aromatic carbocycles. The Kier molecular flexibility index (Phi) is 5.21. The van der Waals surface area contributed by atoms with E-state index >= 15 is 0 Å². The predicted octanol–water partition coefficient (Wildman–Crippen LogP) is 2.29. The van der Waals surface area contributed by atoms with Crippen LogP contribution in [0.1, 0.15) is 5.56 Å². The Morgan fingerprint density at radius 3 is 2.38 bits per heavy atom. The van der Waals surface area contributed by atoms with E-state index in [1.165, 1.54) is 4.90 Å². The average molecular weight is 323 g/mol. The third-order valence-electron chi connectivity index (χ3n) is 3.12. The molecule has 0 aliphatic carbocycles. The molecule has 1 aromatic heterocycles. The van der Waals surface area contributed by atoms with Crippen LogP contribution in [0.25, 0.3) is 0 Å². The van der Waals surface area contributed by atoms with Gasteiger partial charge in [0.25, 0.3) is 0 Å². The lowest BCUT2D eigenvalue weighted by atomic mass is 10.2. The zero-order valence-corrected chi connectivity index (χ0v) is 12.8. The van der Waals surface area contributed by atoms with Gasteiger partial charge in [0.1, 0.15) is 19.4 Å². The molecule has 0 amide bonds. The van der Waals surface area contributed by atoms with Crippen molar-refractivity contribution in [2.45, 2.75) is 6.92 Å². The van der Waals surface area contributed by atoms with Crippen LogP contribution in [0.2, 0.25) is 0 Å². The van der Waals surface area contributed by atoms with Crippen molar-refractivity contribution in [2.75, 3.05) is 23.3 Å². The summed E-state index contributed by atoms with van der Waals surface area (Å²) in [5.41, 5.74) is 1.29. The monoisotopic (exact) mass is 323 g/mol. The van der Waals surface area contributed by atoms with Crippen molar-refractivity contribution < 1.29 is 4.92 Å². The van der Waals surface area contributed by atoms with Gasteiger partial charge in [-0.05, 0) is 19.1 Å². The summed E-state index contributed by atoms with van der Waals surface area (Å²) in [6.07, 6.45) is 1.15. The highest BCUT2D eigenvalue weighted by Gasteiger charge is 2.27. The molecule has 1 N–H and O–H groups in total. The quantitative estimate of drug-likeness (QED) is 0.486. The standard InChI is InChI=1S/C15H13N7O2/c1-11-2-4-12(5-3-11)20-14-13(22(23)24)15(19-10-18-14)21(8-6-16)9-7-17/h2-5,10H,8-9H2,1H3,(H,18,19,20). The Bertz CT molecular complexity index is 805. The fourth-order valence-corrected chi connectivity index (χ4v) is 2.01. The van der Waals surface area contributed by atoms with E-state index in [2.05, 4.69) is 15.3 Å². The fourth-order valence-electron chi connectivity index (χ4n) is 2.01. The molecule has 9 heteroatoms. The van der Waals surface area contributed by atoms with Crippen LogP contribution < -0.4 is 10.2 Å². The first kappa shape index (κ1) is 16.6. The summed E-state index contributed by atoms with van der Waals surface area (Å²) >= 11 is 0. The van der Waals surface area contributed by atoms with Gasteiger partial charge in [-0.3, -0.25) is 10.1 Å². The Hall–Kier alpha value is -3.72. The Morgan fingerprint density at radius 1 is 1.21 bits per heavy atom. The minimum absolute atomic E-state index is 0.00488. The molecule has 0 aliphatic heterocycles.